The van der Waals surface area contributed by atoms with Crippen LogP contribution in [0.1, 0.15) is 18.1 Å². The Morgan fingerprint density at radius 3 is 2.38 bits per heavy atom. The quantitative estimate of drug-likeness (QED) is 0.673. The zero-order valence-corrected chi connectivity index (χ0v) is 8.86. The molecule has 1 aromatic rings. The molecular weight excluding hydrogens is 158 g/mol. The van der Waals surface area contributed by atoms with Crippen LogP contribution in [-0.4, -0.2) is 7.05 Å². The summed E-state index contributed by atoms with van der Waals surface area (Å²) >= 11 is 0. The van der Waals surface area contributed by atoms with E-state index in [0.717, 1.165) is 5.22 Å². The van der Waals surface area contributed by atoms with E-state index in [9.17, 15) is 0 Å². The van der Waals surface area contributed by atoms with Gasteiger partial charge < -0.3 is 5.32 Å². The molecule has 0 heterocycles. The van der Waals surface area contributed by atoms with Crippen LogP contribution in [0, 0.1) is 13.8 Å². The first-order chi connectivity index (χ1) is 6.06. The van der Waals surface area contributed by atoms with Crippen LogP contribution in [0.5, 0.6) is 0 Å². The van der Waals surface area contributed by atoms with E-state index in [1.54, 1.807) is 0 Å². The second-order valence-corrected chi connectivity index (χ2v) is 3.49. The van der Waals surface area contributed by atoms with Gasteiger partial charge in [0.25, 0.3) is 0 Å². The molecule has 0 atom stereocenters. The van der Waals surface area contributed by atoms with Gasteiger partial charge >= 0.3 is 0 Å². The van der Waals surface area contributed by atoms with E-state index in [4.69, 9.17) is 0 Å². The molecule has 0 bridgehead atoms. The molecule has 0 aliphatic rings. The molecule has 1 nitrogen and oxygen atoms in total. The van der Waals surface area contributed by atoms with E-state index in [1.807, 2.05) is 7.05 Å². The molecule has 0 aromatic heterocycles. The van der Waals surface area contributed by atoms with Crippen molar-refractivity contribution in [2.75, 3.05) is 7.05 Å². The van der Waals surface area contributed by atoms with E-state index in [0.29, 0.717) is 0 Å². The highest BCUT2D eigenvalue weighted by Gasteiger charge is 1.95. The molecule has 0 fully saturated rings. The summed E-state index contributed by atoms with van der Waals surface area (Å²) in [5.74, 6) is 0. The van der Waals surface area contributed by atoms with Crippen LogP contribution in [-0.2, 0) is 0 Å². The predicted molar refractivity (Wildman–Crippen MR) is 58.8 cm³/mol. The first-order valence-corrected chi connectivity index (χ1v) is 4.51. The molecule has 0 aliphatic heterocycles. The number of aryl methyl sites for hydroxylation is 2. The molecule has 1 heteroatoms. The Balaban J connectivity index is 3.66. The Labute approximate surface area is 79.8 Å². The largest absolute Gasteiger partial charge is 0.391 e. The Morgan fingerprint density at radius 1 is 1.31 bits per heavy atom. The van der Waals surface area contributed by atoms with Crippen molar-refractivity contribution in [3.63, 3.8) is 0 Å². The van der Waals surface area contributed by atoms with Gasteiger partial charge in [-0.1, -0.05) is 24.3 Å². The van der Waals surface area contributed by atoms with E-state index < -0.39 is 0 Å². The topological polar surface area (TPSA) is 12.0 Å². The lowest BCUT2D eigenvalue weighted by Crippen LogP contribution is -2.31. The highest BCUT2D eigenvalue weighted by Crippen LogP contribution is 1.94. The van der Waals surface area contributed by atoms with Crippen LogP contribution >= 0.6 is 0 Å². The van der Waals surface area contributed by atoms with Crippen LogP contribution in [0.4, 0.5) is 0 Å². The minimum atomic E-state index is 1.10. The molecule has 0 saturated carbocycles. The molecule has 0 spiro atoms. The number of benzene rings is 1. The summed E-state index contributed by atoms with van der Waals surface area (Å²) < 4.78 is 0. The number of hydrogen-bond donors (Lipinski definition) is 1. The summed E-state index contributed by atoms with van der Waals surface area (Å²) in [6.45, 7) is 10.3. The Bertz CT molecular complexity index is 415. The lowest BCUT2D eigenvalue weighted by Gasteiger charge is -2.04. The van der Waals surface area contributed by atoms with Crippen molar-refractivity contribution in [3.05, 3.63) is 33.7 Å². The van der Waals surface area contributed by atoms with Crippen molar-refractivity contribution in [2.24, 2.45) is 0 Å². The van der Waals surface area contributed by atoms with Crippen LogP contribution in [0.15, 0.2) is 12.1 Å². The zero-order chi connectivity index (χ0) is 10.0. The first-order valence-electron chi connectivity index (χ1n) is 4.51. The molecule has 0 aliphatic carbocycles. The fourth-order valence-electron chi connectivity index (χ4n) is 1.72. The maximum atomic E-state index is 4.05. The molecule has 1 N–H and O–H groups in total. The standard InChI is InChI=1S/C12H17N/c1-8-6-9(2)12(10(3)7-8)11(4)13-5/h6-7,13H,2H2,1,3-5H3/b12-11+. The van der Waals surface area contributed by atoms with Gasteiger partial charge in [0.1, 0.15) is 0 Å². The third kappa shape index (κ3) is 1.92. The number of rotatable bonds is 1. The number of nitrogens with one attached hydrogen (secondary N) is 1. The lowest BCUT2D eigenvalue weighted by molar-refractivity contribution is 1.09. The van der Waals surface area contributed by atoms with E-state index in [-0.39, 0.29) is 0 Å². The van der Waals surface area contributed by atoms with Crippen LogP contribution < -0.4 is 15.8 Å². The lowest BCUT2D eigenvalue weighted by atomic mass is 10.1. The summed E-state index contributed by atoms with van der Waals surface area (Å²) in [5.41, 5.74) is 3.74. The van der Waals surface area contributed by atoms with Crippen molar-refractivity contribution < 1.29 is 0 Å². The number of hydrogen-bond acceptors (Lipinski definition) is 1. The fourth-order valence-corrected chi connectivity index (χ4v) is 1.72. The maximum absolute atomic E-state index is 4.05. The summed E-state index contributed by atoms with van der Waals surface area (Å²) in [7, 11) is 1.94. The minimum absolute atomic E-state index is 1.10. The van der Waals surface area contributed by atoms with Crippen molar-refractivity contribution in [3.8, 4) is 0 Å². The molecule has 1 rings (SSSR count). The molecule has 0 radical (unpaired) electrons. The minimum Gasteiger partial charge on any atom is -0.391 e. The van der Waals surface area contributed by atoms with Gasteiger partial charge in [0.15, 0.2) is 0 Å². The smallest absolute Gasteiger partial charge is 0.0154 e. The Hall–Kier alpha value is -1.24. The highest BCUT2D eigenvalue weighted by molar-refractivity contribution is 5.44. The van der Waals surface area contributed by atoms with Crippen LogP contribution in [0.3, 0.4) is 0 Å². The fraction of sp³-hybridized carbons (Fsp3) is 0.333. The van der Waals surface area contributed by atoms with Gasteiger partial charge in [0.2, 0.25) is 0 Å². The Morgan fingerprint density at radius 2 is 1.92 bits per heavy atom. The third-order valence-corrected chi connectivity index (χ3v) is 2.31. The van der Waals surface area contributed by atoms with Gasteiger partial charge in [-0.05, 0) is 31.6 Å². The van der Waals surface area contributed by atoms with E-state index >= 15 is 0 Å². The van der Waals surface area contributed by atoms with Gasteiger partial charge in [0, 0.05) is 18.0 Å². The maximum Gasteiger partial charge on any atom is 0.0154 e. The van der Waals surface area contributed by atoms with Gasteiger partial charge in [-0.2, -0.15) is 0 Å². The molecular formula is C12H17N. The van der Waals surface area contributed by atoms with Gasteiger partial charge in [0.05, 0.1) is 0 Å². The van der Waals surface area contributed by atoms with Crippen LogP contribution in [0.2, 0.25) is 0 Å². The Kier molecular flexibility index (Phi) is 2.76. The van der Waals surface area contributed by atoms with E-state index in [1.165, 1.54) is 22.0 Å². The second kappa shape index (κ2) is 3.65. The monoisotopic (exact) mass is 175 g/mol. The molecule has 0 saturated heterocycles. The molecule has 0 unspecified atom stereocenters. The highest BCUT2D eigenvalue weighted by atomic mass is 14.8. The summed E-state index contributed by atoms with van der Waals surface area (Å²) in [6.07, 6.45) is 0. The summed E-state index contributed by atoms with van der Waals surface area (Å²) in [4.78, 5) is 0. The summed E-state index contributed by atoms with van der Waals surface area (Å²) in [5, 5.41) is 5.50. The summed E-state index contributed by atoms with van der Waals surface area (Å²) in [6, 6.07) is 4.30. The first kappa shape index (κ1) is 9.85. The molecule has 70 valence electrons. The van der Waals surface area contributed by atoms with Gasteiger partial charge in [-0.25, -0.2) is 0 Å². The second-order valence-electron chi connectivity index (χ2n) is 3.49. The van der Waals surface area contributed by atoms with Crippen molar-refractivity contribution in [1.29, 1.82) is 0 Å². The zero-order valence-electron chi connectivity index (χ0n) is 8.86. The average molecular weight is 175 g/mol. The average Bonchev–Trinajstić information content (AvgIpc) is 2.02. The molecule has 0 amide bonds. The predicted octanol–water partition coefficient (Wildman–Crippen LogP) is 1.06. The van der Waals surface area contributed by atoms with Crippen molar-refractivity contribution in [1.82, 2.24) is 5.32 Å². The van der Waals surface area contributed by atoms with E-state index in [2.05, 4.69) is 44.8 Å². The van der Waals surface area contributed by atoms with Crippen molar-refractivity contribution >= 4 is 12.3 Å². The molecule has 13 heavy (non-hydrogen) atoms. The van der Waals surface area contributed by atoms with Gasteiger partial charge in [-0.3, -0.25) is 0 Å². The normalized spacial score (nSPS) is 12.6. The third-order valence-electron chi connectivity index (χ3n) is 2.31. The molecule has 1 aromatic carbocycles. The van der Waals surface area contributed by atoms with Crippen molar-refractivity contribution in [2.45, 2.75) is 20.8 Å². The SMILES string of the molecule is C=c1cc(C)cc(C)/c1=C(\C)NC. The van der Waals surface area contributed by atoms with Crippen LogP contribution in [0.25, 0.3) is 12.3 Å². The van der Waals surface area contributed by atoms with Gasteiger partial charge in [-0.15, -0.1) is 0 Å².